The van der Waals surface area contributed by atoms with Gasteiger partial charge in [-0.1, -0.05) is 0 Å². The third-order valence-corrected chi connectivity index (χ3v) is 3.40. The minimum Gasteiger partial charge on any atom is -0.457 e. The van der Waals surface area contributed by atoms with Gasteiger partial charge in [-0.25, -0.2) is 4.79 Å². The SMILES string of the molecule is C[C@H]1CC[C@@]2(C[C@H]3OC(=O)[C@H](O)[C@H]3O2)O1. The van der Waals surface area contributed by atoms with Gasteiger partial charge in [0.25, 0.3) is 0 Å². The number of rotatable bonds is 0. The normalized spacial score (nSPS) is 53.6. The molecule has 1 N–H and O–H groups in total. The van der Waals surface area contributed by atoms with Crippen molar-refractivity contribution in [1.82, 2.24) is 0 Å². The monoisotopic (exact) mass is 214 g/mol. The molecule has 5 heteroatoms. The van der Waals surface area contributed by atoms with Gasteiger partial charge in [-0.3, -0.25) is 0 Å². The fourth-order valence-electron chi connectivity index (χ4n) is 2.67. The summed E-state index contributed by atoms with van der Waals surface area (Å²) in [5, 5.41) is 9.52. The maximum absolute atomic E-state index is 11.1. The molecule has 3 heterocycles. The number of aliphatic hydroxyl groups excluding tert-OH is 1. The molecule has 0 aromatic carbocycles. The van der Waals surface area contributed by atoms with E-state index in [1.807, 2.05) is 6.92 Å². The minimum absolute atomic E-state index is 0.177. The summed E-state index contributed by atoms with van der Waals surface area (Å²) in [4.78, 5) is 11.1. The summed E-state index contributed by atoms with van der Waals surface area (Å²) in [5.74, 6) is -1.19. The lowest BCUT2D eigenvalue weighted by molar-refractivity contribution is -0.224. The van der Waals surface area contributed by atoms with Crippen LogP contribution in [-0.4, -0.2) is 41.3 Å². The Bertz CT molecular complexity index is 304. The van der Waals surface area contributed by atoms with E-state index in [2.05, 4.69) is 0 Å². The summed E-state index contributed by atoms with van der Waals surface area (Å²) in [6.07, 6.45) is 0.464. The second-order valence-corrected chi connectivity index (χ2v) is 4.58. The number of esters is 1. The molecule has 0 aliphatic carbocycles. The van der Waals surface area contributed by atoms with Crippen molar-refractivity contribution in [3.63, 3.8) is 0 Å². The summed E-state index contributed by atoms with van der Waals surface area (Å²) >= 11 is 0. The molecule has 15 heavy (non-hydrogen) atoms. The number of carbonyl (C=O) groups excluding carboxylic acids is 1. The van der Waals surface area contributed by atoms with Crippen molar-refractivity contribution in [2.24, 2.45) is 0 Å². The van der Waals surface area contributed by atoms with Crippen molar-refractivity contribution in [2.45, 2.75) is 56.4 Å². The molecule has 3 aliphatic rings. The number of carbonyl (C=O) groups is 1. The molecule has 0 radical (unpaired) electrons. The Hall–Kier alpha value is -0.650. The summed E-state index contributed by atoms with van der Waals surface area (Å²) in [6, 6.07) is 0. The van der Waals surface area contributed by atoms with Gasteiger partial charge in [-0.2, -0.15) is 0 Å². The highest BCUT2D eigenvalue weighted by Crippen LogP contribution is 2.45. The fraction of sp³-hybridized carbons (Fsp3) is 0.900. The Balaban J connectivity index is 1.78. The second kappa shape index (κ2) is 2.93. The first-order chi connectivity index (χ1) is 7.10. The fourth-order valence-corrected chi connectivity index (χ4v) is 2.67. The molecule has 0 aromatic rings. The summed E-state index contributed by atoms with van der Waals surface area (Å²) in [6.45, 7) is 1.99. The lowest BCUT2D eigenvalue weighted by Crippen LogP contribution is -2.35. The van der Waals surface area contributed by atoms with Crippen molar-refractivity contribution in [3.8, 4) is 0 Å². The van der Waals surface area contributed by atoms with Crippen LogP contribution in [0.25, 0.3) is 0 Å². The number of hydrogen-bond donors (Lipinski definition) is 1. The predicted molar refractivity (Wildman–Crippen MR) is 47.9 cm³/mol. The smallest absolute Gasteiger partial charge is 0.338 e. The Morgan fingerprint density at radius 2 is 2.27 bits per heavy atom. The van der Waals surface area contributed by atoms with E-state index in [0.717, 1.165) is 12.8 Å². The van der Waals surface area contributed by atoms with Gasteiger partial charge >= 0.3 is 5.97 Å². The van der Waals surface area contributed by atoms with Crippen molar-refractivity contribution in [3.05, 3.63) is 0 Å². The van der Waals surface area contributed by atoms with Gasteiger partial charge in [-0.15, -0.1) is 0 Å². The quantitative estimate of drug-likeness (QED) is 0.573. The first kappa shape index (κ1) is 9.57. The Labute approximate surface area is 87.3 Å². The molecule has 84 valence electrons. The molecule has 0 unspecified atom stereocenters. The van der Waals surface area contributed by atoms with E-state index in [9.17, 15) is 9.90 Å². The Kier molecular flexibility index (Phi) is 1.87. The van der Waals surface area contributed by atoms with Gasteiger partial charge in [0, 0.05) is 12.8 Å². The molecule has 0 bridgehead atoms. The highest BCUT2D eigenvalue weighted by atomic mass is 16.7. The average molecular weight is 214 g/mol. The topological polar surface area (TPSA) is 65.0 Å². The van der Waals surface area contributed by atoms with E-state index in [-0.39, 0.29) is 12.2 Å². The predicted octanol–water partition coefficient (Wildman–Crippen LogP) is -0.0432. The molecule has 0 amide bonds. The van der Waals surface area contributed by atoms with Crippen molar-refractivity contribution in [1.29, 1.82) is 0 Å². The van der Waals surface area contributed by atoms with E-state index >= 15 is 0 Å². The van der Waals surface area contributed by atoms with E-state index in [0.29, 0.717) is 6.42 Å². The highest BCUT2D eigenvalue weighted by molar-refractivity contribution is 5.78. The van der Waals surface area contributed by atoms with Gasteiger partial charge < -0.3 is 19.3 Å². The lowest BCUT2D eigenvalue weighted by Gasteiger charge is -2.24. The van der Waals surface area contributed by atoms with Gasteiger partial charge in [0.15, 0.2) is 11.9 Å². The molecule has 3 fully saturated rings. The molecule has 0 aromatic heterocycles. The standard InChI is InChI=1S/C10H14O5/c1-5-2-3-10(14-5)4-6-8(15-10)7(11)9(12)13-6/h5-8,11H,2-4H2,1H3/t5-,6+,7+,8-,10+/m0/s1. The van der Waals surface area contributed by atoms with Crippen LogP contribution in [-0.2, 0) is 19.0 Å². The number of ether oxygens (including phenoxy) is 3. The van der Waals surface area contributed by atoms with Crippen LogP contribution in [0.2, 0.25) is 0 Å². The zero-order valence-electron chi connectivity index (χ0n) is 8.51. The van der Waals surface area contributed by atoms with Crippen molar-refractivity contribution < 1.29 is 24.1 Å². The third kappa shape index (κ3) is 1.30. The number of aliphatic hydroxyl groups is 1. The lowest BCUT2D eigenvalue weighted by atomic mass is 10.1. The largest absolute Gasteiger partial charge is 0.457 e. The van der Waals surface area contributed by atoms with Gasteiger partial charge in [0.2, 0.25) is 0 Å². The van der Waals surface area contributed by atoms with Crippen LogP contribution in [0.4, 0.5) is 0 Å². The summed E-state index contributed by atoms with van der Waals surface area (Å²) in [5.41, 5.74) is 0. The molecular formula is C10H14O5. The molecule has 1 spiro atoms. The molecule has 5 atom stereocenters. The highest BCUT2D eigenvalue weighted by Gasteiger charge is 2.59. The van der Waals surface area contributed by atoms with Gasteiger partial charge in [0.05, 0.1) is 6.10 Å². The zero-order chi connectivity index (χ0) is 10.6. The summed E-state index contributed by atoms with van der Waals surface area (Å²) < 4.78 is 16.4. The maximum Gasteiger partial charge on any atom is 0.338 e. The van der Waals surface area contributed by atoms with Crippen LogP contribution in [0.1, 0.15) is 26.2 Å². The van der Waals surface area contributed by atoms with Crippen LogP contribution in [0.15, 0.2) is 0 Å². The number of fused-ring (bicyclic) bond motifs is 1. The third-order valence-electron chi connectivity index (χ3n) is 3.40. The first-order valence-corrected chi connectivity index (χ1v) is 5.34. The number of hydrogen-bond acceptors (Lipinski definition) is 5. The van der Waals surface area contributed by atoms with Gasteiger partial charge in [0.1, 0.15) is 12.2 Å². The summed E-state index contributed by atoms with van der Waals surface area (Å²) in [7, 11) is 0. The van der Waals surface area contributed by atoms with E-state index in [1.54, 1.807) is 0 Å². The van der Waals surface area contributed by atoms with Crippen molar-refractivity contribution >= 4 is 5.97 Å². The van der Waals surface area contributed by atoms with Crippen LogP contribution in [0.3, 0.4) is 0 Å². The molecule has 3 aliphatic heterocycles. The van der Waals surface area contributed by atoms with E-state index in [4.69, 9.17) is 14.2 Å². The van der Waals surface area contributed by atoms with Crippen LogP contribution < -0.4 is 0 Å². The second-order valence-electron chi connectivity index (χ2n) is 4.58. The van der Waals surface area contributed by atoms with Crippen molar-refractivity contribution in [2.75, 3.05) is 0 Å². The van der Waals surface area contributed by atoms with Crippen LogP contribution >= 0.6 is 0 Å². The van der Waals surface area contributed by atoms with E-state index in [1.165, 1.54) is 0 Å². The molecular weight excluding hydrogens is 200 g/mol. The first-order valence-electron chi connectivity index (χ1n) is 5.34. The van der Waals surface area contributed by atoms with Gasteiger partial charge in [-0.05, 0) is 13.3 Å². The Morgan fingerprint density at radius 3 is 2.87 bits per heavy atom. The molecule has 3 saturated heterocycles. The molecule has 0 saturated carbocycles. The zero-order valence-corrected chi connectivity index (χ0v) is 8.51. The molecule has 5 nitrogen and oxygen atoms in total. The Morgan fingerprint density at radius 1 is 1.47 bits per heavy atom. The van der Waals surface area contributed by atoms with Crippen LogP contribution in [0, 0.1) is 0 Å². The van der Waals surface area contributed by atoms with E-state index < -0.39 is 24.0 Å². The average Bonchev–Trinajstić information content (AvgIpc) is 2.76. The maximum atomic E-state index is 11.1. The molecule has 3 rings (SSSR count). The van der Waals surface area contributed by atoms with Crippen LogP contribution in [0.5, 0.6) is 0 Å². The minimum atomic E-state index is -1.14.